The summed E-state index contributed by atoms with van der Waals surface area (Å²) < 4.78 is 0. The third kappa shape index (κ3) is 1.85. The number of nitrogen functional groups attached to an aromatic ring is 1. The van der Waals surface area contributed by atoms with Gasteiger partial charge in [0.2, 0.25) is 0 Å². The lowest BCUT2D eigenvalue weighted by Crippen LogP contribution is -2.27. The molecule has 2 heterocycles. The van der Waals surface area contributed by atoms with Crippen LogP contribution in [0.5, 0.6) is 0 Å². The predicted octanol–water partition coefficient (Wildman–Crippen LogP) is 0.834. The average Bonchev–Trinajstić information content (AvgIpc) is 2.23. The second-order valence-corrected chi connectivity index (χ2v) is 3.79. The molecule has 4 nitrogen and oxygen atoms in total. The summed E-state index contributed by atoms with van der Waals surface area (Å²) in [6.07, 6.45) is 4.12. The number of anilines is 1. The minimum absolute atomic E-state index is 0.544. The minimum Gasteiger partial charge on any atom is -0.382 e. The van der Waals surface area contributed by atoms with Crippen LogP contribution in [0.15, 0.2) is 6.20 Å². The highest BCUT2D eigenvalue weighted by Gasteiger charge is 2.17. The smallest absolute Gasteiger partial charge is 0.144 e. The minimum atomic E-state index is 0.544. The van der Waals surface area contributed by atoms with Gasteiger partial charge in [0, 0.05) is 5.92 Å². The Hall–Kier alpha value is -1.16. The summed E-state index contributed by atoms with van der Waals surface area (Å²) in [5.41, 5.74) is 7.58. The third-order valence-electron chi connectivity index (χ3n) is 2.76. The molecule has 76 valence electrons. The van der Waals surface area contributed by atoms with Crippen LogP contribution in [0.1, 0.15) is 30.1 Å². The van der Waals surface area contributed by atoms with Crippen LogP contribution in [-0.2, 0) is 0 Å². The van der Waals surface area contributed by atoms with Gasteiger partial charge in [-0.15, -0.1) is 0 Å². The number of hydrogen-bond donors (Lipinski definition) is 2. The fraction of sp³-hybridized carbons (Fsp3) is 0.600. The number of aromatic nitrogens is 2. The fourth-order valence-electron chi connectivity index (χ4n) is 1.82. The van der Waals surface area contributed by atoms with Crippen LogP contribution < -0.4 is 11.1 Å². The molecule has 0 aromatic carbocycles. The summed E-state index contributed by atoms with van der Waals surface area (Å²) in [5.74, 6) is 1.10. The maximum Gasteiger partial charge on any atom is 0.144 e. The van der Waals surface area contributed by atoms with E-state index in [0.717, 1.165) is 37.3 Å². The molecular formula is C10H16N4. The van der Waals surface area contributed by atoms with Gasteiger partial charge in [-0.05, 0) is 32.9 Å². The molecule has 1 aromatic heterocycles. The molecule has 0 aliphatic carbocycles. The van der Waals surface area contributed by atoms with Gasteiger partial charge in [-0.3, -0.25) is 4.98 Å². The van der Waals surface area contributed by atoms with E-state index >= 15 is 0 Å². The van der Waals surface area contributed by atoms with Crippen molar-refractivity contribution >= 4 is 5.82 Å². The second-order valence-electron chi connectivity index (χ2n) is 3.79. The highest BCUT2D eigenvalue weighted by Crippen LogP contribution is 2.23. The molecular weight excluding hydrogens is 176 g/mol. The maximum atomic E-state index is 5.63. The van der Waals surface area contributed by atoms with Crippen LogP contribution in [-0.4, -0.2) is 23.1 Å². The molecule has 1 aliphatic rings. The molecule has 0 amide bonds. The topological polar surface area (TPSA) is 63.8 Å². The summed E-state index contributed by atoms with van der Waals surface area (Å²) in [6, 6.07) is 0. The zero-order valence-corrected chi connectivity index (χ0v) is 8.45. The predicted molar refractivity (Wildman–Crippen MR) is 56.0 cm³/mol. The maximum absolute atomic E-state index is 5.63. The number of piperidine rings is 1. The summed E-state index contributed by atoms with van der Waals surface area (Å²) >= 11 is 0. The number of nitrogens with one attached hydrogen (secondary N) is 1. The van der Waals surface area contributed by atoms with Crippen LogP contribution in [0.2, 0.25) is 0 Å². The Balaban J connectivity index is 2.18. The number of aryl methyl sites for hydroxylation is 1. The third-order valence-corrected chi connectivity index (χ3v) is 2.76. The van der Waals surface area contributed by atoms with E-state index < -0.39 is 0 Å². The molecule has 1 fully saturated rings. The van der Waals surface area contributed by atoms with Crippen LogP contribution >= 0.6 is 0 Å². The van der Waals surface area contributed by atoms with Crippen molar-refractivity contribution in [3.05, 3.63) is 17.6 Å². The van der Waals surface area contributed by atoms with Crippen molar-refractivity contribution in [1.82, 2.24) is 15.3 Å². The molecule has 1 saturated heterocycles. The molecule has 1 aliphatic heterocycles. The van der Waals surface area contributed by atoms with Crippen molar-refractivity contribution in [2.75, 3.05) is 18.8 Å². The lowest BCUT2D eigenvalue weighted by atomic mass is 9.95. The number of nitrogens with zero attached hydrogens (tertiary/aromatic N) is 2. The van der Waals surface area contributed by atoms with Crippen molar-refractivity contribution in [1.29, 1.82) is 0 Å². The molecule has 0 bridgehead atoms. The SMILES string of the molecule is Cc1nc(C2CCNCC2)cnc1N. The van der Waals surface area contributed by atoms with Gasteiger partial charge in [0.1, 0.15) is 5.82 Å². The zero-order chi connectivity index (χ0) is 9.97. The lowest BCUT2D eigenvalue weighted by molar-refractivity contribution is 0.452. The van der Waals surface area contributed by atoms with Crippen LogP contribution in [0.25, 0.3) is 0 Å². The highest BCUT2D eigenvalue weighted by atomic mass is 14.9. The Labute approximate surface area is 83.9 Å². The van der Waals surface area contributed by atoms with Gasteiger partial charge < -0.3 is 11.1 Å². The van der Waals surface area contributed by atoms with Gasteiger partial charge in [-0.25, -0.2) is 4.98 Å². The zero-order valence-electron chi connectivity index (χ0n) is 8.45. The first kappa shape index (κ1) is 9.40. The van der Waals surface area contributed by atoms with E-state index in [1.165, 1.54) is 0 Å². The molecule has 4 heteroatoms. The summed E-state index contributed by atoms with van der Waals surface area (Å²) in [7, 11) is 0. The first-order valence-corrected chi connectivity index (χ1v) is 5.07. The lowest BCUT2D eigenvalue weighted by Gasteiger charge is -2.22. The molecule has 1 aromatic rings. The number of rotatable bonds is 1. The van der Waals surface area contributed by atoms with Crippen molar-refractivity contribution < 1.29 is 0 Å². The first-order chi connectivity index (χ1) is 6.77. The van der Waals surface area contributed by atoms with E-state index in [2.05, 4.69) is 15.3 Å². The Morgan fingerprint density at radius 2 is 2.14 bits per heavy atom. The second kappa shape index (κ2) is 3.92. The molecule has 3 N–H and O–H groups in total. The van der Waals surface area contributed by atoms with E-state index in [0.29, 0.717) is 11.7 Å². The van der Waals surface area contributed by atoms with E-state index in [1.807, 2.05) is 13.1 Å². The molecule has 0 radical (unpaired) electrons. The summed E-state index contributed by atoms with van der Waals surface area (Å²) in [4.78, 5) is 8.63. The van der Waals surface area contributed by atoms with E-state index in [4.69, 9.17) is 5.73 Å². The van der Waals surface area contributed by atoms with E-state index in [-0.39, 0.29) is 0 Å². The van der Waals surface area contributed by atoms with E-state index in [9.17, 15) is 0 Å². The van der Waals surface area contributed by atoms with Gasteiger partial charge in [-0.1, -0.05) is 0 Å². The van der Waals surface area contributed by atoms with Crippen LogP contribution in [0.4, 0.5) is 5.82 Å². The largest absolute Gasteiger partial charge is 0.382 e. The molecule has 2 rings (SSSR count). The number of hydrogen-bond acceptors (Lipinski definition) is 4. The Bertz CT molecular complexity index is 318. The Kier molecular flexibility index (Phi) is 2.63. The van der Waals surface area contributed by atoms with Crippen LogP contribution in [0, 0.1) is 6.92 Å². The van der Waals surface area contributed by atoms with Crippen molar-refractivity contribution in [3.63, 3.8) is 0 Å². The van der Waals surface area contributed by atoms with Gasteiger partial charge in [-0.2, -0.15) is 0 Å². The van der Waals surface area contributed by atoms with Crippen molar-refractivity contribution in [2.24, 2.45) is 0 Å². The summed E-state index contributed by atoms with van der Waals surface area (Å²) in [6.45, 7) is 4.07. The molecule has 0 unspecified atom stereocenters. The fourth-order valence-corrected chi connectivity index (χ4v) is 1.82. The number of nitrogens with two attached hydrogens (primary N) is 1. The molecule has 0 spiro atoms. The first-order valence-electron chi connectivity index (χ1n) is 5.07. The highest BCUT2D eigenvalue weighted by molar-refractivity contribution is 5.33. The quantitative estimate of drug-likeness (QED) is 0.692. The van der Waals surface area contributed by atoms with Crippen molar-refractivity contribution in [3.8, 4) is 0 Å². The molecule has 0 atom stereocenters. The standard InChI is InChI=1S/C10H16N4/c1-7-10(11)13-6-9(14-7)8-2-4-12-5-3-8/h6,8,12H,2-5H2,1H3,(H2,11,13). The molecule has 0 saturated carbocycles. The van der Waals surface area contributed by atoms with Gasteiger partial charge in [0.05, 0.1) is 17.6 Å². The monoisotopic (exact) mass is 192 g/mol. The Morgan fingerprint density at radius 1 is 1.43 bits per heavy atom. The van der Waals surface area contributed by atoms with Crippen molar-refractivity contribution in [2.45, 2.75) is 25.7 Å². The van der Waals surface area contributed by atoms with Gasteiger partial charge >= 0.3 is 0 Å². The average molecular weight is 192 g/mol. The molecule has 14 heavy (non-hydrogen) atoms. The van der Waals surface area contributed by atoms with Gasteiger partial charge in [0.15, 0.2) is 0 Å². The summed E-state index contributed by atoms with van der Waals surface area (Å²) in [5, 5.41) is 3.34. The van der Waals surface area contributed by atoms with E-state index in [1.54, 1.807) is 0 Å². The Morgan fingerprint density at radius 3 is 2.79 bits per heavy atom. The van der Waals surface area contributed by atoms with Crippen LogP contribution in [0.3, 0.4) is 0 Å². The normalized spacial score (nSPS) is 18.4. The van der Waals surface area contributed by atoms with Gasteiger partial charge in [0.25, 0.3) is 0 Å².